The summed E-state index contributed by atoms with van der Waals surface area (Å²) in [7, 11) is 0. The molecular weight excluding hydrogens is 236 g/mol. The summed E-state index contributed by atoms with van der Waals surface area (Å²) < 4.78 is 0. The molecule has 0 saturated heterocycles. The Labute approximate surface area is 114 Å². The third-order valence-corrected chi connectivity index (χ3v) is 3.09. The molecule has 0 spiro atoms. The molecule has 3 heteroatoms. The Hall–Kier alpha value is -2.00. The van der Waals surface area contributed by atoms with Gasteiger partial charge in [-0.15, -0.1) is 0 Å². The average Bonchev–Trinajstić information content (AvgIpc) is 2.46. The number of nitrogens with one attached hydrogen (secondary N) is 1. The first-order valence-corrected chi connectivity index (χ1v) is 6.56. The number of benzene rings is 2. The molecule has 2 aromatic rings. The third-order valence-electron chi connectivity index (χ3n) is 3.09. The number of rotatable bonds is 6. The van der Waals surface area contributed by atoms with Gasteiger partial charge in [-0.25, -0.2) is 0 Å². The second-order valence-electron chi connectivity index (χ2n) is 4.56. The molecule has 2 rings (SSSR count). The lowest BCUT2D eigenvalue weighted by molar-refractivity contribution is 0.311. The first kappa shape index (κ1) is 13.4. The molecule has 0 heterocycles. The van der Waals surface area contributed by atoms with Crippen LogP contribution in [0.25, 0.3) is 0 Å². The van der Waals surface area contributed by atoms with Crippen LogP contribution in [0.2, 0.25) is 0 Å². The van der Waals surface area contributed by atoms with Gasteiger partial charge in [0.05, 0.1) is 18.0 Å². The van der Waals surface area contributed by atoms with Crippen molar-refractivity contribution in [1.29, 1.82) is 0 Å². The average molecular weight is 256 g/mol. The van der Waals surface area contributed by atoms with Crippen LogP contribution in [0.1, 0.15) is 11.1 Å². The lowest BCUT2D eigenvalue weighted by Crippen LogP contribution is -2.08. The molecular formula is C16H20N2O. The van der Waals surface area contributed by atoms with Crippen molar-refractivity contribution < 1.29 is 5.11 Å². The molecule has 0 aliphatic rings. The Balaban J connectivity index is 2.00. The summed E-state index contributed by atoms with van der Waals surface area (Å²) in [5.74, 6) is 0. The van der Waals surface area contributed by atoms with Crippen molar-refractivity contribution in [1.82, 2.24) is 0 Å². The summed E-state index contributed by atoms with van der Waals surface area (Å²) in [5, 5.41) is 12.0. The van der Waals surface area contributed by atoms with Gasteiger partial charge in [-0.1, -0.05) is 36.4 Å². The largest absolute Gasteiger partial charge is 0.397 e. The van der Waals surface area contributed by atoms with Gasteiger partial charge in [0.1, 0.15) is 0 Å². The molecule has 0 unspecified atom stereocenters. The van der Waals surface area contributed by atoms with E-state index < -0.39 is 0 Å². The Morgan fingerprint density at radius 3 is 2.42 bits per heavy atom. The first-order valence-electron chi connectivity index (χ1n) is 6.56. The summed E-state index contributed by atoms with van der Waals surface area (Å²) in [5.41, 5.74) is 10.1. The molecule has 2 aromatic carbocycles. The van der Waals surface area contributed by atoms with Crippen LogP contribution in [-0.2, 0) is 12.8 Å². The second kappa shape index (κ2) is 6.81. The Kier molecular flexibility index (Phi) is 4.81. The Bertz CT molecular complexity index is 511. The van der Waals surface area contributed by atoms with Gasteiger partial charge in [0.25, 0.3) is 0 Å². The minimum Gasteiger partial charge on any atom is -0.397 e. The normalized spacial score (nSPS) is 10.4. The van der Waals surface area contributed by atoms with E-state index in [9.17, 15) is 0 Å². The van der Waals surface area contributed by atoms with Gasteiger partial charge in [-0.05, 0) is 36.1 Å². The van der Waals surface area contributed by atoms with E-state index in [1.807, 2.05) is 12.1 Å². The fourth-order valence-corrected chi connectivity index (χ4v) is 2.04. The number of hydrogen-bond acceptors (Lipinski definition) is 3. The molecule has 19 heavy (non-hydrogen) atoms. The van der Waals surface area contributed by atoms with Gasteiger partial charge in [0.15, 0.2) is 0 Å². The van der Waals surface area contributed by atoms with Gasteiger partial charge >= 0.3 is 0 Å². The van der Waals surface area contributed by atoms with E-state index in [4.69, 9.17) is 10.8 Å². The molecule has 0 bridgehead atoms. The lowest BCUT2D eigenvalue weighted by Gasteiger charge is -2.10. The topological polar surface area (TPSA) is 58.3 Å². The smallest absolute Gasteiger partial charge is 0.0604 e. The fraction of sp³-hybridized carbons (Fsp3) is 0.250. The van der Waals surface area contributed by atoms with Crippen LogP contribution >= 0.6 is 0 Å². The summed E-state index contributed by atoms with van der Waals surface area (Å²) in [6, 6.07) is 16.5. The molecule has 4 N–H and O–H groups in total. The van der Waals surface area contributed by atoms with Gasteiger partial charge in [0, 0.05) is 6.54 Å². The zero-order valence-corrected chi connectivity index (χ0v) is 11.0. The SMILES string of the molecule is Nc1ccc(CCc2ccccc2)cc1NCCO. The van der Waals surface area contributed by atoms with Crippen molar-refractivity contribution in [2.45, 2.75) is 12.8 Å². The highest BCUT2D eigenvalue weighted by Crippen LogP contribution is 2.20. The van der Waals surface area contributed by atoms with Gasteiger partial charge in [0.2, 0.25) is 0 Å². The Morgan fingerprint density at radius 2 is 1.68 bits per heavy atom. The van der Waals surface area contributed by atoms with E-state index in [1.54, 1.807) is 0 Å². The van der Waals surface area contributed by atoms with Crippen molar-refractivity contribution in [3.63, 3.8) is 0 Å². The number of nitrogen functional groups attached to an aromatic ring is 1. The minimum absolute atomic E-state index is 0.105. The molecule has 0 radical (unpaired) electrons. The number of hydrogen-bond donors (Lipinski definition) is 3. The maximum absolute atomic E-state index is 8.84. The standard InChI is InChI=1S/C16H20N2O/c17-15-9-8-14(12-16(15)18-10-11-19)7-6-13-4-2-1-3-5-13/h1-5,8-9,12,18-19H,6-7,10-11,17H2. The molecule has 0 fully saturated rings. The van der Waals surface area contributed by atoms with Crippen LogP contribution in [0, 0.1) is 0 Å². The predicted molar refractivity (Wildman–Crippen MR) is 80.3 cm³/mol. The monoisotopic (exact) mass is 256 g/mol. The van der Waals surface area contributed by atoms with E-state index in [-0.39, 0.29) is 6.61 Å². The molecule has 0 atom stereocenters. The summed E-state index contributed by atoms with van der Waals surface area (Å²) in [6.45, 7) is 0.625. The minimum atomic E-state index is 0.105. The van der Waals surface area contributed by atoms with Crippen LogP contribution in [0.4, 0.5) is 11.4 Å². The summed E-state index contributed by atoms with van der Waals surface area (Å²) in [6.07, 6.45) is 2.00. The van der Waals surface area contributed by atoms with Gasteiger partial charge in [-0.2, -0.15) is 0 Å². The number of anilines is 2. The first-order chi connectivity index (χ1) is 9.29. The summed E-state index contributed by atoms with van der Waals surface area (Å²) in [4.78, 5) is 0. The number of aliphatic hydroxyl groups is 1. The van der Waals surface area contributed by atoms with E-state index in [2.05, 4.69) is 41.7 Å². The highest BCUT2D eigenvalue weighted by Gasteiger charge is 2.01. The van der Waals surface area contributed by atoms with E-state index in [0.717, 1.165) is 24.2 Å². The molecule has 100 valence electrons. The van der Waals surface area contributed by atoms with Crippen LogP contribution in [0.3, 0.4) is 0 Å². The number of aryl methyl sites for hydroxylation is 2. The predicted octanol–water partition coefficient (Wildman–Crippen LogP) is 2.46. The molecule has 0 saturated carbocycles. The van der Waals surface area contributed by atoms with Crippen LogP contribution in [-0.4, -0.2) is 18.3 Å². The zero-order valence-electron chi connectivity index (χ0n) is 11.0. The maximum atomic E-state index is 8.84. The number of nitrogens with two attached hydrogens (primary N) is 1. The van der Waals surface area contributed by atoms with Crippen LogP contribution in [0.15, 0.2) is 48.5 Å². The van der Waals surface area contributed by atoms with Crippen molar-refractivity contribution in [2.75, 3.05) is 24.2 Å². The van der Waals surface area contributed by atoms with E-state index in [1.165, 1.54) is 11.1 Å². The molecule has 0 aliphatic carbocycles. The maximum Gasteiger partial charge on any atom is 0.0604 e. The number of aliphatic hydroxyl groups excluding tert-OH is 1. The van der Waals surface area contributed by atoms with Crippen LogP contribution < -0.4 is 11.1 Å². The fourth-order valence-electron chi connectivity index (χ4n) is 2.04. The second-order valence-corrected chi connectivity index (χ2v) is 4.56. The van der Waals surface area contributed by atoms with Crippen LogP contribution in [0.5, 0.6) is 0 Å². The van der Waals surface area contributed by atoms with Crippen molar-refractivity contribution in [3.8, 4) is 0 Å². The Morgan fingerprint density at radius 1 is 0.947 bits per heavy atom. The molecule has 0 aromatic heterocycles. The van der Waals surface area contributed by atoms with E-state index in [0.29, 0.717) is 6.54 Å². The molecule has 3 nitrogen and oxygen atoms in total. The van der Waals surface area contributed by atoms with Crippen molar-refractivity contribution in [3.05, 3.63) is 59.7 Å². The van der Waals surface area contributed by atoms with E-state index >= 15 is 0 Å². The third kappa shape index (κ3) is 4.00. The zero-order chi connectivity index (χ0) is 13.5. The molecule has 0 amide bonds. The van der Waals surface area contributed by atoms with Gasteiger partial charge < -0.3 is 16.2 Å². The highest BCUT2D eigenvalue weighted by atomic mass is 16.3. The summed E-state index contributed by atoms with van der Waals surface area (Å²) >= 11 is 0. The van der Waals surface area contributed by atoms with Crippen molar-refractivity contribution >= 4 is 11.4 Å². The lowest BCUT2D eigenvalue weighted by atomic mass is 10.0. The van der Waals surface area contributed by atoms with Gasteiger partial charge in [-0.3, -0.25) is 0 Å². The molecule has 0 aliphatic heterocycles. The quantitative estimate of drug-likeness (QED) is 0.696. The highest BCUT2D eigenvalue weighted by molar-refractivity contribution is 5.67. The van der Waals surface area contributed by atoms with Crippen molar-refractivity contribution in [2.24, 2.45) is 0 Å².